The zero-order valence-corrected chi connectivity index (χ0v) is 16.0. The predicted octanol–water partition coefficient (Wildman–Crippen LogP) is 4.01. The normalized spacial score (nSPS) is 22.9. The number of amides is 1. The molecule has 2 atom stereocenters. The highest BCUT2D eigenvalue weighted by Gasteiger charge is 2.31. The molecular weight excluding hydrogens is 377 g/mol. The average molecular weight is 396 g/mol. The van der Waals surface area contributed by atoms with Gasteiger partial charge in [-0.25, -0.2) is 4.98 Å². The van der Waals surface area contributed by atoms with Gasteiger partial charge in [-0.2, -0.15) is 0 Å². The van der Waals surface area contributed by atoms with E-state index in [4.69, 9.17) is 23.2 Å². The molecule has 2 aromatic rings. The third kappa shape index (κ3) is 3.85. The number of nitrogens with one attached hydrogen (secondary N) is 1. The van der Waals surface area contributed by atoms with Crippen molar-refractivity contribution in [1.82, 2.24) is 15.2 Å². The van der Waals surface area contributed by atoms with E-state index in [0.717, 1.165) is 35.8 Å². The molecule has 1 amide bonds. The molecule has 0 spiro atoms. The molecule has 2 aliphatic heterocycles. The first-order valence-corrected chi connectivity index (χ1v) is 10.2. The Kier molecular flexibility index (Phi) is 5.00. The topological polar surface area (TPSA) is 45.2 Å². The summed E-state index contributed by atoms with van der Waals surface area (Å²) in [5.41, 5.74) is 1.66. The number of nitrogens with zero attached hydrogens (tertiary/aromatic N) is 2. The quantitative estimate of drug-likeness (QED) is 0.853. The van der Waals surface area contributed by atoms with Crippen LogP contribution in [-0.4, -0.2) is 41.0 Å². The number of thiazole rings is 1. The minimum Gasteiger partial charge on any atom is -0.341 e. The van der Waals surface area contributed by atoms with Crippen molar-refractivity contribution in [2.45, 2.75) is 37.8 Å². The summed E-state index contributed by atoms with van der Waals surface area (Å²) in [6.07, 6.45) is 3.80. The largest absolute Gasteiger partial charge is 0.341 e. The first-order chi connectivity index (χ1) is 12.1. The highest BCUT2D eigenvalue weighted by molar-refractivity contribution is 7.13. The van der Waals surface area contributed by atoms with Crippen molar-refractivity contribution in [3.63, 3.8) is 0 Å². The SMILES string of the molecule is O=C(Cc1csc(-c2ccc(Cl)cc2Cl)n1)N1CCC2CCC(C1)N2. The van der Waals surface area contributed by atoms with Gasteiger partial charge >= 0.3 is 0 Å². The number of halogens is 2. The van der Waals surface area contributed by atoms with E-state index in [0.29, 0.717) is 28.5 Å². The molecule has 2 bridgehead atoms. The number of fused-ring (bicyclic) bond motifs is 2. The average Bonchev–Trinajstić information content (AvgIpc) is 3.13. The van der Waals surface area contributed by atoms with E-state index in [2.05, 4.69) is 10.3 Å². The van der Waals surface area contributed by atoms with Crippen LogP contribution in [0.3, 0.4) is 0 Å². The van der Waals surface area contributed by atoms with E-state index in [9.17, 15) is 4.79 Å². The van der Waals surface area contributed by atoms with Gasteiger partial charge in [-0.05, 0) is 37.5 Å². The van der Waals surface area contributed by atoms with E-state index < -0.39 is 0 Å². The van der Waals surface area contributed by atoms with Gasteiger partial charge in [-0.1, -0.05) is 23.2 Å². The second kappa shape index (κ2) is 7.23. The predicted molar refractivity (Wildman–Crippen MR) is 102 cm³/mol. The maximum absolute atomic E-state index is 12.7. The molecule has 132 valence electrons. The number of carbonyl (C=O) groups excluding carboxylic acids is 1. The summed E-state index contributed by atoms with van der Waals surface area (Å²) in [5, 5.41) is 7.55. The van der Waals surface area contributed by atoms with Crippen LogP contribution >= 0.6 is 34.5 Å². The standard InChI is InChI=1S/C18H19Cl2N3OS/c19-11-1-4-15(16(20)7-11)18-22-14(10-25-18)8-17(24)23-6-5-12-2-3-13(9-23)21-12/h1,4,7,10,12-13,21H,2-3,5-6,8-9H2. The summed E-state index contributed by atoms with van der Waals surface area (Å²) in [4.78, 5) is 19.3. The van der Waals surface area contributed by atoms with Crippen LogP contribution in [0.4, 0.5) is 0 Å². The first-order valence-electron chi connectivity index (χ1n) is 8.52. The van der Waals surface area contributed by atoms with Crippen LogP contribution in [0.1, 0.15) is 25.0 Å². The lowest BCUT2D eigenvalue weighted by Crippen LogP contribution is -2.39. The molecule has 25 heavy (non-hydrogen) atoms. The van der Waals surface area contributed by atoms with E-state index in [1.54, 1.807) is 12.1 Å². The Morgan fingerprint density at radius 2 is 2.12 bits per heavy atom. The summed E-state index contributed by atoms with van der Waals surface area (Å²) in [6.45, 7) is 1.66. The lowest BCUT2D eigenvalue weighted by Gasteiger charge is -2.24. The fourth-order valence-electron chi connectivity index (χ4n) is 3.61. The number of carbonyl (C=O) groups is 1. The summed E-state index contributed by atoms with van der Waals surface area (Å²) >= 11 is 13.7. The zero-order valence-electron chi connectivity index (χ0n) is 13.7. The monoisotopic (exact) mass is 395 g/mol. The van der Waals surface area contributed by atoms with Crippen LogP contribution in [0.2, 0.25) is 10.0 Å². The molecule has 4 rings (SSSR count). The molecule has 1 N–H and O–H groups in total. The second-order valence-electron chi connectivity index (χ2n) is 6.71. The van der Waals surface area contributed by atoms with Crippen molar-refractivity contribution in [3.05, 3.63) is 39.3 Å². The van der Waals surface area contributed by atoms with E-state index >= 15 is 0 Å². The van der Waals surface area contributed by atoms with Gasteiger partial charge in [-0.15, -0.1) is 11.3 Å². The van der Waals surface area contributed by atoms with Crippen molar-refractivity contribution >= 4 is 40.4 Å². The number of rotatable bonds is 3. The summed E-state index contributed by atoms with van der Waals surface area (Å²) < 4.78 is 0. The summed E-state index contributed by atoms with van der Waals surface area (Å²) in [5.74, 6) is 0.161. The van der Waals surface area contributed by atoms with Gasteiger partial charge in [0.15, 0.2) is 0 Å². The Labute approximate surface area is 161 Å². The number of benzene rings is 1. The molecule has 1 aromatic heterocycles. The molecule has 7 heteroatoms. The van der Waals surface area contributed by atoms with Gasteiger partial charge in [-0.3, -0.25) is 4.79 Å². The Morgan fingerprint density at radius 1 is 1.28 bits per heavy atom. The maximum Gasteiger partial charge on any atom is 0.228 e. The maximum atomic E-state index is 12.7. The molecule has 2 saturated heterocycles. The van der Waals surface area contributed by atoms with Crippen molar-refractivity contribution in [2.75, 3.05) is 13.1 Å². The van der Waals surface area contributed by atoms with Gasteiger partial charge in [0.2, 0.25) is 5.91 Å². The van der Waals surface area contributed by atoms with Crippen molar-refractivity contribution in [2.24, 2.45) is 0 Å². The van der Waals surface area contributed by atoms with Crippen LogP contribution in [0.25, 0.3) is 10.6 Å². The fourth-order valence-corrected chi connectivity index (χ4v) is 5.02. The number of aromatic nitrogens is 1. The van der Waals surface area contributed by atoms with Crippen molar-refractivity contribution in [3.8, 4) is 10.6 Å². The number of hydrogen-bond acceptors (Lipinski definition) is 4. The molecule has 2 aliphatic rings. The van der Waals surface area contributed by atoms with Crippen LogP contribution < -0.4 is 5.32 Å². The molecule has 3 heterocycles. The molecule has 0 aliphatic carbocycles. The highest BCUT2D eigenvalue weighted by atomic mass is 35.5. The second-order valence-corrected chi connectivity index (χ2v) is 8.41. The molecule has 1 aromatic carbocycles. The first kappa shape index (κ1) is 17.3. The summed E-state index contributed by atoms with van der Waals surface area (Å²) in [7, 11) is 0. The van der Waals surface area contributed by atoms with E-state index in [-0.39, 0.29) is 5.91 Å². The van der Waals surface area contributed by atoms with E-state index in [1.165, 1.54) is 24.2 Å². The Hall–Kier alpha value is -1.14. The fraction of sp³-hybridized carbons (Fsp3) is 0.444. The minimum absolute atomic E-state index is 0.161. The highest BCUT2D eigenvalue weighted by Crippen LogP contribution is 2.32. The van der Waals surface area contributed by atoms with Gasteiger partial charge in [0.25, 0.3) is 0 Å². The van der Waals surface area contributed by atoms with Gasteiger partial charge < -0.3 is 10.2 Å². The number of hydrogen-bond donors (Lipinski definition) is 1. The van der Waals surface area contributed by atoms with E-state index in [1.807, 2.05) is 16.3 Å². The minimum atomic E-state index is 0.161. The third-order valence-electron chi connectivity index (χ3n) is 4.92. The molecule has 4 nitrogen and oxygen atoms in total. The van der Waals surface area contributed by atoms with Crippen LogP contribution in [-0.2, 0) is 11.2 Å². The van der Waals surface area contributed by atoms with Crippen LogP contribution in [0.15, 0.2) is 23.6 Å². The van der Waals surface area contributed by atoms with Gasteiger partial charge in [0.05, 0.1) is 17.1 Å². The Bertz CT molecular complexity index is 794. The molecular formula is C18H19Cl2N3OS. The molecule has 0 radical (unpaired) electrons. The Balaban J connectivity index is 1.44. The Morgan fingerprint density at radius 3 is 2.96 bits per heavy atom. The number of likely N-dealkylation sites (tertiary alicyclic amines) is 1. The molecule has 2 unspecified atom stereocenters. The third-order valence-corrected chi connectivity index (χ3v) is 6.39. The van der Waals surface area contributed by atoms with Crippen LogP contribution in [0, 0.1) is 0 Å². The lowest BCUT2D eigenvalue weighted by molar-refractivity contribution is -0.130. The van der Waals surface area contributed by atoms with Gasteiger partial charge in [0, 0.05) is 41.1 Å². The molecule has 2 fully saturated rings. The van der Waals surface area contributed by atoms with Gasteiger partial charge in [0.1, 0.15) is 5.01 Å². The van der Waals surface area contributed by atoms with Crippen LogP contribution in [0.5, 0.6) is 0 Å². The lowest BCUT2D eigenvalue weighted by atomic mass is 10.1. The summed E-state index contributed by atoms with van der Waals surface area (Å²) in [6, 6.07) is 6.42. The van der Waals surface area contributed by atoms with Crippen molar-refractivity contribution in [1.29, 1.82) is 0 Å². The van der Waals surface area contributed by atoms with Crippen molar-refractivity contribution < 1.29 is 4.79 Å². The smallest absolute Gasteiger partial charge is 0.228 e. The zero-order chi connectivity index (χ0) is 17.4. The molecule has 0 saturated carbocycles.